The summed E-state index contributed by atoms with van der Waals surface area (Å²) >= 11 is 0. The molecule has 0 aliphatic carbocycles. The molecule has 0 saturated carbocycles. The van der Waals surface area contributed by atoms with Crippen molar-refractivity contribution in [3.05, 3.63) is 24.3 Å². The van der Waals surface area contributed by atoms with E-state index in [0.29, 0.717) is 5.92 Å². The van der Waals surface area contributed by atoms with E-state index in [1.807, 2.05) is 19.2 Å². The zero-order valence-corrected chi connectivity index (χ0v) is 15.6. The fourth-order valence-corrected chi connectivity index (χ4v) is 3.23. The van der Waals surface area contributed by atoms with Gasteiger partial charge in [0.15, 0.2) is 5.96 Å². The molecule has 0 radical (unpaired) electrons. The summed E-state index contributed by atoms with van der Waals surface area (Å²) in [6, 6.07) is 8.28. The minimum atomic E-state index is 0.631. The van der Waals surface area contributed by atoms with Gasteiger partial charge in [-0.1, -0.05) is 25.5 Å². The van der Waals surface area contributed by atoms with Crippen LogP contribution in [0.4, 0.5) is 5.69 Å². The van der Waals surface area contributed by atoms with Crippen molar-refractivity contribution in [2.24, 2.45) is 10.9 Å². The van der Waals surface area contributed by atoms with Crippen LogP contribution in [0.2, 0.25) is 0 Å². The molecule has 1 aromatic carbocycles. The average Bonchev–Trinajstić information content (AvgIpc) is 3.09. The summed E-state index contributed by atoms with van der Waals surface area (Å²) in [6.07, 6.45) is 3.60. The van der Waals surface area contributed by atoms with Crippen LogP contribution in [-0.2, 0) is 0 Å². The largest absolute Gasteiger partial charge is 0.495 e. The second kappa shape index (κ2) is 9.40. The number of hydrogen-bond acceptors (Lipinski definition) is 3. The van der Waals surface area contributed by atoms with Crippen molar-refractivity contribution in [2.75, 3.05) is 52.3 Å². The summed E-state index contributed by atoms with van der Waals surface area (Å²) in [4.78, 5) is 9.05. The Balaban J connectivity index is 1.85. The molecule has 2 rings (SSSR count). The highest BCUT2D eigenvalue weighted by Gasteiger charge is 2.24. The molecule has 1 atom stereocenters. The monoisotopic (exact) mass is 332 g/mol. The highest BCUT2D eigenvalue weighted by atomic mass is 16.5. The van der Waals surface area contributed by atoms with Crippen molar-refractivity contribution in [2.45, 2.75) is 26.2 Å². The van der Waals surface area contributed by atoms with Gasteiger partial charge in [-0.15, -0.1) is 0 Å². The van der Waals surface area contributed by atoms with Gasteiger partial charge in [0, 0.05) is 40.3 Å². The summed E-state index contributed by atoms with van der Waals surface area (Å²) in [5, 5.41) is 3.54. The number of aliphatic imine (C=N–C) groups is 1. The average molecular weight is 332 g/mol. The molecule has 0 amide bonds. The predicted octanol–water partition coefficient (Wildman–Crippen LogP) is 2.83. The van der Waals surface area contributed by atoms with E-state index in [1.54, 1.807) is 7.11 Å². The van der Waals surface area contributed by atoms with E-state index in [1.165, 1.54) is 24.9 Å². The standard InChI is InChI=1S/C19H32N4O/c1-5-6-12-22(3)19(20-2)21-14-16-11-13-23(15-16)17-9-7-8-10-18(17)24-4/h7-10,16H,5-6,11-15H2,1-4H3,(H,20,21). The molecule has 0 spiro atoms. The van der Waals surface area contributed by atoms with Gasteiger partial charge in [-0.25, -0.2) is 0 Å². The van der Waals surface area contributed by atoms with E-state index in [2.05, 4.69) is 46.2 Å². The molecule has 5 nitrogen and oxygen atoms in total. The normalized spacial score (nSPS) is 17.9. The van der Waals surface area contributed by atoms with Crippen LogP contribution in [0.3, 0.4) is 0 Å². The lowest BCUT2D eigenvalue weighted by Gasteiger charge is -2.24. The number of nitrogens with one attached hydrogen (secondary N) is 1. The van der Waals surface area contributed by atoms with Gasteiger partial charge >= 0.3 is 0 Å². The Bertz CT molecular complexity index is 532. The van der Waals surface area contributed by atoms with E-state index in [9.17, 15) is 0 Å². The first-order valence-corrected chi connectivity index (χ1v) is 8.99. The number of guanidine groups is 1. The SMILES string of the molecule is CCCCN(C)C(=NC)NCC1CCN(c2ccccc2OC)C1. The van der Waals surface area contributed by atoms with Gasteiger partial charge in [0.05, 0.1) is 12.8 Å². The maximum Gasteiger partial charge on any atom is 0.193 e. The number of ether oxygens (including phenoxy) is 1. The highest BCUT2D eigenvalue weighted by Crippen LogP contribution is 2.31. The number of unbranched alkanes of at least 4 members (excludes halogenated alkanes) is 1. The third-order valence-electron chi connectivity index (χ3n) is 4.68. The molecule has 1 N–H and O–H groups in total. The van der Waals surface area contributed by atoms with E-state index in [0.717, 1.165) is 37.9 Å². The summed E-state index contributed by atoms with van der Waals surface area (Å²) in [5.41, 5.74) is 1.20. The molecule has 24 heavy (non-hydrogen) atoms. The van der Waals surface area contributed by atoms with Gasteiger partial charge < -0.3 is 19.9 Å². The third-order valence-corrected chi connectivity index (χ3v) is 4.68. The third kappa shape index (κ3) is 4.79. The fraction of sp³-hybridized carbons (Fsp3) is 0.632. The molecule has 1 unspecified atom stereocenters. The number of nitrogens with zero attached hydrogens (tertiary/aromatic N) is 3. The second-order valence-electron chi connectivity index (χ2n) is 6.48. The number of hydrogen-bond donors (Lipinski definition) is 1. The molecule has 1 fully saturated rings. The Morgan fingerprint density at radius 2 is 2.21 bits per heavy atom. The van der Waals surface area contributed by atoms with Crippen molar-refractivity contribution in [3.8, 4) is 5.75 Å². The van der Waals surface area contributed by atoms with Gasteiger partial charge in [-0.2, -0.15) is 0 Å². The molecule has 1 heterocycles. The Morgan fingerprint density at radius 3 is 2.92 bits per heavy atom. The van der Waals surface area contributed by atoms with Crippen LogP contribution in [-0.4, -0.2) is 58.2 Å². The smallest absolute Gasteiger partial charge is 0.193 e. The molecule has 5 heteroatoms. The predicted molar refractivity (Wildman–Crippen MR) is 102 cm³/mol. The molecular formula is C19H32N4O. The van der Waals surface area contributed by atoms with Gasteiger partial charge in [0.2, 0.25) is 0 Å². The minimum Gasteiger partial charge on any atom is -0.495 e. The van der Waals surface area contributed by atoms with Crippen LogP contribution in [0.15, 0.2) is 29.3 Å². The molecule has 1 aromatic rings. The zero-order valence-electron chi connectivity index (χ0n) is 15.6. The summed E-state index contributed by atoms with van der Waals surface area (Å²) in [7, 11) is 5.71. The molecular weight excluding hydrogens is 300 g/mol. The first-order valence-electron chi connectivity index (χ1n) is 8.99. The topological polar surface area (TPSA) is 40.1 Å². The van der Waals surface area contributed by atoms with Crippen LogP contribution in [0, 0.1) is 5.92 Å². The number of rotatable bonds is 7. The Labute approximate surface area is 146 Å². The maximum absolute atomic E-state index is 5.49. The first-order chi connectivity index (χ1) is 11.7. The number of benzene rings is 1. The molecule has 0 bridgehead atoms. The van der Waals surface area contributed by atoms with E-state index in [4.69, 9.17) is 4.74 Å². The minimum absolute atomic E-state index is 0.631. The van der Waals surface area contributed by atoms with E-state index < -0.39 is 0 Å². The lowest BCUT2D eigenvalue weighted by Crippen LogP contribution is -2.41. The number of para-hydroxylation sites is 2. The van der Waals surface area contributed by atoms with Gasteiger partial charge in [-0.05, 0) is 30.9 Å². The van der Waals surface area contributed by atoms with Crippen LogP contribution >= 0.6 is 0 Å². The molecule has 1 aliphatic heterocycles. The van der Waals surface area contributed by atoms with Gasteiger partial charge in [0.25, 0.3) is 0 Å². The van der Waals surface area contributed by atoms with Gasteiger partial charge in [0.1, 0.15) is 5.75 Å². The number of methoxy groups -OCH3 is 1. The maximum atomic E-state index is 5.49. The molecule has 1 saturated heterocycles. The van der Waals surface area contributed by atoms with Crippen LogP contribution in [0.25, 0.3) is 0 Å². The van der Waals surface area contributed by atoms with Crippen LogP contribution < -0.4 is 15.0 Å². The Hall–Kier alpha value is -1.91. The van der Waals surface area contributed by atoms with Crippen molar-refractivity contribution >= 4 is 11.6 Å². The van der Waals surface area contributed by atoms with E-state index in [-0.39, 0.29) is 0 Å². The number of anilines is 1. The Kier molecular flexibility index (Phi) is 7.22. The summed E-state index contributed by atoms with van der Waals surface area (Å²) in [6.45, 7) is 6.37. The fourth-order valence-electron chi connectivity index (χ4n) is 3.23. The molecule has 1 aliphatic rings. The van der Waals surface area contributed by atoms with Crippen LogP contribution in [0.5, 0.6) is 5.75 Å². The van der Waals surface area contributed by atoms with Crippen LogP contribution in [0.1, 0.15) is 26.2 Å². The van der Waals surface area contributed by atoms with E-state index >= 15 is 0 Å². The summed E-state index contributed by atoms with van der Waals surface area (Å²) in [5.74, 6) is 2.59. The molecule has 0 aromatic heterocycles. The van der Waals surface area contributed by atoms with Gasteiger partial charge in [-0.3, -0.25) is 4.99 Å². The zero-order chi connectivity index (χ0) is 17.4. The summed E-state index contributed by atoms with van der Waals surface area (Å²) < 4.78 is 5.49. The van der Waals surface area contributed by atoms with Crippen molar-refractivity contribution < 1.29 is 4.74 Å². The lowest BCUT2D eigenvalue weighted by molar-refractivity contribution is 0.414. The highest BCUT2D eigenvalue weighted by molar-refractivity contribution is 5.79. The lowest BCUT2D eigenvalue weighted by atomic mass is 10.1. The van der Waals surface area contributed by atoms with Crippen molar-refractivity contribution in [3.63, 3.8) is 0 Å². The van der Waals surface area contributed by atoms with Crippen molar-refractivity contribution in [1.29, 1.82) is 0 Å². The quantitative estimate of drug-likeness (QED) is 0.616. The molecule has 134 valence electrons. The van der Waals surface area contributed by atoms with Crippen molar-refractivity contribution in [1.82, 2.24) is 10.2 Å². The Morgan fingerprint density at radius 1 is 1.42 bits per heavy atom. The second-order valence-corrected chi connectivity index (χ2v) is 6.48. The first kappa shape index (κ1) is 18.4.